The third kappa shape index (κ3) is 8.16. The fraction of sp³-hybridized carbons (Fsp3) is 0.0769. The zero-order chi connectivity index (χ0) is 29.1. The lowest BCUT2D eigenvalue weighted by Crippen LogP contribution is -2.19. The normalized spacial score (nSPS) is 12.7. The lowest BCUT2D eigenvalue weighted by atomic mass is 10.4. The van der Waals surface area contributed by atoms with Crippen molar-refractivity contribution in [2.45, 2.75) is 0 Å². The van der Waals surface area contributed by atoms with E-state index in [0.717, 1.165) is 0 Å². The molecule has 6 aromatic carbocycles. The average Bonchev–Trinajstić information content (AvgIpc) is 3.10. The molecule has 6 aromatic rings. The Bertz CT molecular complexity index is 1430. The van der Waals surface area contributed by atoms with Crippen molar-refractivity contribution in [3.63, 3.8) is 0 Å². The molecule has 0 aliphatic carbocycles. The van der Waals surface area contributed by atoms with E-state index in [1.165, 1.54) is 49.5 Å². The van der Waals surface area contributed by atoms with Crippen molar-refractivity contribution in [2.75, 3.05) is 17.7 Å². The summed E-state index contributed by atoms with van der Waals surface area (Å²) in [4.78, 5) is 0. The lowest BCUT2D eigenvalue weighted by Gasteiger charge is -2.32. The lowest BCUT2D eigenvalue weighted by molar-refractivity contribution is 1.72. The van der Waals surface area contributed by atoms with E-state index >= 15 is 0 Å². The molecule has 0 nitrogen and oxygen atoms in total. The highest BCUT2D eigenvalue weighted by atomic mass is 31.2. The van der Waals surface area contributed by atoms with Gasteiger partial charge in [-0.3, -0.25) is 0 Å². The van der Waals surface area contributed by atoms with Gasteiger partial charge in [0, 0.05) is 11.8 Å². The van der Waals surface area contributed by atoms with Gasteiger partial charge >= 0.3 is 0 Å². The topological polar surface area (TPSA) is 0 Å². The molecule has 0 heterocycles. The average molecular weight is 629 g/mol. The number of hydrogen-bond donors (Lipinski definition) is 0. The minimum absolute atomic E-state index is 0.406. The first-order valence-electron chi connectivity index (χ1n) is 14.7. The molecule has 4 heteroatoms. The summed E-state index contributed by atoms with van der Waals surface area (Å²) >= 11 is 0. The number of hydrogen-bond acceptors (Lipinski definition) is 0. The van der Waals surface area contributed by atoms with Gasteiger partial charge in [-0.05, 0) is 53.6 Å². The zero-order valence-electron chi connectivity index (χ0n) is 24.2. The van der Waals surface area contributed by atoms with Gasteiger partial charge in [0.25, 0.3) is 0 Å². The molecule has 0 saturated heterocycles. The van der Waals surface area contributed by atoms with Gasteiger partial charge in [0.1, 0.15) is 0 Å². The van der Waals surface area contributed by atoms with Crippen LogP contribution >= 0.6 is 31.7 Å². The second-order valence-corrected chi connectivity index (χ2v) is 20.7. The van der Waals surface area contributed by atoms with Crippen molar-refractivity contribution >= 4 is 63.5 Å². The monoisotopic (exact) mass is 628 g/mol. The van der Waals surface area contributed by atoms with Crippen molar-refractivity contribution < 1.29 is 0 Å². The van der Waals surface area contributed by atoms with Gasteiger partial charge in [0.05, 0.1) is 0 Å². The minimum Gasteiger partial charge on any atom is -0.0656 e. The third-order valence-electron chi connectivity index (χ3n) is 7.48. The standard InChI is InChI=1S/C39H36P4/c1-7-19-34(20-8-1)40(32-42(36-23-11-3-12-24-36)37-25-13-4-14-26-37)31-41(35-21-9-2-10-22-35)33-43(38-27-15-5-16-28-38)39-29-17-6-18-30-39/h1-30H,31-33H2. The Balaban J connectivity index is 1.40. The molecule has 0 fully saturated rings. The van der Waals surface area contributed by atoms with Crippen molar-refractivity contribution in [2.24, 2.45) is 0 Å². The van der Waals surface area contributed by atoms with Crippen LogP contribution in [0.2, 0.25) is 0 Å². The first kappa shape index (κ1) is 30.1. The fourth-order valence-corrected chi connectivity index (χ4v) is 21.1. The molecule has 0 bridgehead atoms. The van der Waals surface area contributed by atoms with E-state index in [9.17, 15) is 0 Å². The van der Waals surface area contributed by atoms with Gasteiger partial charge in [-0.15, -0.1) is 0 Å². The number of rotatable bonds is 12. The molecule has 0 aromatic heterocycles. The summed E-state index contributed by atoms with van der Waals surface area (Å²) in [5.41, 5.74) is 0. The Morgan fingerprint density at radius 3 is 0.674 bits per heavy atom. The molecule has 0 aliphatic heterocycles. The van der Waals surface area contributed by atoms with E-state index in [0.29, 0.717) is 0 Å². The van der Waals surface area contributed by atoms with Crippen LogP contribution in [-0.4, -0.2) is 17.7 Å². The van der Waals surface area contributed by atoms with Crippen LogP contribution in [0.5, 0.6) is 0 Å². The second-order valence-electron chi connectivity index (χ2n) is 10.4. The summed E-state index contributed by atoms with van der Waals surface area (Å²) in [6.07, 6.45) is 0. The maximum Gasteiger partial charge on any atom is 0.000360 e. The van der Waals surface area contributed by atoms with E-state index in [2.05, 4.69) is 182 Å². The van der Waals surface area contributed by atoms with E-state index in [4.69, 9.17) is 0 Å². The Hall–Kier alpha value is -2.96. The van der Waals surface area contributed by atoms with Crippen molar-refractivity contribution in [3.8, 4) is 0 Å². The van der Waals surface area contributed by atoms with Crippen LogP contribution in [0, 0.1) is 0 Å². The zero-order valence-corrected chi connectivity index (χ0v) is 27.8. The molecule has 6 rings (SSSR count). The molecule has 2 atom stereocenters. The van der Waals surface area contributed by atoms with Crippen LogP contribution < -0.4 is 31.8 Å². The maximum atomic E-state index is 2.39. The third-order valence-corrected chi connectivity index (χ3v) is 20.9. The molecular weight excluding hydrogens is 592 g/mol. The van der Waals surface area contributed by atoms with Crippen LogP contribution in [0.3, 0.4) is 0 Å². The molecule has 0 aliphatic rings. The molecule has 43 heavy (non-hydrogen) atoms. The van der Waals surface area contributed by atoms with Crippen LogP contribution in [0.15, 0.2) is 182 Å². The summed E-state index contributed by atoms with van der Waals surface area (Å²) in [5, 5.41) is 8.98. The van der Waals surface area contributed by atoms with Crippen molar-refractivity contribution in [1.29, 1.82) is 0 Å². The Labute approximate surface area is 262 Å². The van der Waals surface area contributed by atoms with Crippen LogP contribution in [0.4, 0.5) is 0 Å². The van der Waals surface area contributed by atoms with E-state index in [1.54, 1.807) is 0 Å². The predicted molar refractivity (Wildman–Crippen MR) is 199 cm³/mol. The smallest absolute Gasteiger partial charge is 0.000360 e. The fourth-order valence-electron chi connectivity index (χ4n) is 5.30. The van der Waals surface area contributed by atoms with Gasteiger partial charge in [-0.2, -0.15) is 0 Å². The summed E-state index contributed by atoms with van der Waals surface area (Å²) in [7, 11) is -1.77. The quantitative estimate of drug-likeness (QED) is 0.119. The molecule has 2 unspecified atom stereocenters. The molecule has 0 N–H and O–H groups in total. The van der Waals surface area contributed by atoms with Gasteiger partial charge in [-0.25, -0.2) is 0 Å². The SMILES string of the molecule is c1ccc(P(CP(CP(c2ccccc2)c2ccccc2)c2ccccc2)CP(c2ccccc2)c2ccccc2)cc1. The summed E-state index contributed by atoms with van der Waals surface area (Å²) in [6, 6.07) is 67.9. The van der Waals surface area contributed by atoms with Gasteiger partial charge in [0.15, 0.2) is 0 Å². The Morgan fingerprint density at radius 2 is 0.442 bits per heavy atom. The van der Waals surface area contributed by atoms with Crippen molar-refractivity contribution in [3.05, 3.63) is 182 Å². The maximum absolute atomic E-state index is 2.39. The largest absolute Gasteiger partial charge is 0.0656 e. The number of benzene rings is 6. The summed E-state index contributed by atoms with van der Waals surface area (Å²) in [6.45, 7) is 0. The molecular formula is C39H36P4. The van der Waals surface area contributed by atoms with E-state index in [1.807, 2.05) is 0 Å². The first-order valence-corrected chi connectivity index (χ1v) is 21.2. The van der Waals surface area contributed by atoms with Crippen LogP contribution in [0.25, 0.3) is 0 Å². The van der Waals surface area contributed by atoms with Gasteiger partial charge in [-0.1, -0.05) is 198 Å². The molecule has 0 spiro atoms. The van der Waals surface area contributed by atoms with Gasteiger partial charge < -0.3 is 0 Å². The molecule has 0 saturated carbocycles. The van der Waals surface area contributed by atoms with E-state index < -0.39 is 31.7 Å². The molecule has 0 amide bonds. The highest BCUT2D eigenvalue weighted by molar-refractivity contribution is 7.93. The van der Waals surface area contributed by atoms with Crippen LogP contribution in [-0.2, 0) is 0 Å². The first-order chi connectivity index (χ1) is 21.3. The Kier molecular flexibility index (Phi) is 11.0. The molecule has 0 radical (unpaired) electrons. The Morgan fingerprint density at radius 1 is 0.233 bits per heavy atom. The van der Waals surface area contributed by atoms with E-state index in [-0.39, 0.29) is 0 Å². The van der Waals surface area contributed by atoms with Crippen molar-refractivity contribution in [1.82, 2.24) is 0 Å². The molecule has 212 valence electrons. The highest BCUT2D eigenvalue weighted by Gasteiger charge is 2.27. The van der Waals surface area contributed by atoms with Gasteiger partial charge in [0.2, 0.25) is 0 Å². The summed E-state index contributed by atoms with van der Waals surface area (Å²) in [5.74, 6) is 3.67. The van der Waals surface area contributed by atoms with Crippen LogP contribution in [0.1, 0.15) is 0 Å². The summed E-state index contributed by atoms with van der Waals surface area (Å²) < 4.78 is 0. The minimum atomic E-state index is -0.477. The second kappa shape index (κ2) is 15.7. The highest BCUT2D eigenvalue weighted by Crippen LogP contribution is 2.59. The predicted octanol–water partition coefficient (Wildman–Crippen LogP) is 8.74.